The average Bonchev–Trinajstić information content (AvgIpc) is 2.93. The number of benzene rings is 2. The van der Waals surface area contributed by atoms with Crippen LogP contribution in [0.3, 0.4) is 0 Å². The van der Waals surface area contributed by atoms with E-state index in [0.29, 0.717) is 41.3 Å². The monoisotopic (exact) mass is 538 g/mol. The van der Waals surface area contributed by atoms with Gasteiger partial charge in [-0.25, -0.2) is 9.10 Å². The van der Waals surface area contributed by atoms with E-state index in [0.717, 1.165) is 41.5 Å². The minimum Gasteiger partial charge on any atom is -0.493 e. The van der Waals surface area contributed by atoms with Gasteiger partial charge in [-0.1, -0.05) is 19.2 Å². The van der Waals surface area contributed by atoms with E-state index in [1.165, 1.54) is 23.6 Å². The molecule has 1 unspecified atom stereocenters. The van der Waals surface area contributed by atoms with Crippen molar-refractivity contribution >= 4 is 35.4 Å². The number of rotatable bonds is 9. The second-order valence-electron chi connectivity index (χ2n) is 9.75. The highest BCUT2D eigenvalue weighted by Crippen LogP contribution is 2.39. The van der Waals surface area contributed by atoms with Crippen LogP contribution in [0.4, 0.5) is 10.5 Å². The number of carbonyl (C=O) groups excluding carboxylic acids is 1. The van der Waals surface area contributed by atoms with Crippen LogP contribution in [0.2, 0.25) is 0 Å². The number of thiol groups is 1. The van der Waals surface area contributed by atoms with E-state index in [2.05, 4.69) is 34.9 Å². The van der Waals surface area contributed by atoms with Gasteiger partial charge in [0, 0.05) is 36.8 Å². The highest BCUT2D eigenvalue weighted by atomic mass is 32.1. The number of piperidine rings is 1. The topological polar surface area (TPSA) is 76.2 Å². The smallest absolute Gasteiger partial charge is 0.331 e. The Labute approximate surface area is 230 Å². The number of ether oxygens (including phenoxy) is 3. The van der Waals surface area contributed by atoms with Gasteiger partial charge in [0.1, 0.15) is 11.5 Å². The van der Waals surface area contributed by atoms with Crippen LogP contribution in [-0.2, 0) is 0 Å². The van der Waals surface area contributed by atoms with Gasteiger partial charge in [0.25, 0.3) is 0 Å². The van der Waals surface area contributed by atoms with Gasteiger partial charge in [0.15, 0.2) is 11.5 Å². The summed E-state index contributed by atoms with van der Waals surface area (Å²) < 4.78 is 18.6. The van der Waals surface area contributed by atoms with Gasteiger partial charge in [-0.2, -0.15) is 0 Å². The number of aromatic nitrogens is 1. The standard InChI is InChI=1S/C29H38N4O4S/c1-19-9-6-7-15-32(19)16-8-13-31-29(34)33(38)24-10-11-25(21(3)20(24)2)37-26-12-14-30-23-18-28(36-5)27(35-4)17-22(23)26/h10-12,14,17-19,38H,6-9,13,15-16H2,1-5H3,(H,31,34). The third-order valence-corrected chi connectivity index (χ3v) is 7.79. The first-order chi connectivity index (χ1) is 18.3. The van der Waals surface area contributed by atoms with Crippen LogP contribution >= 0.6 is 12.8 Å². The van der Waals surface area contributed by atoms with Crippen LogP contribution < -0.4 is 23.8 Å². The summed E-state index contributed by atoms with van der Waals surface area (Å²) in [7, 11) is 3.19. The molecule has 1 fully saturated rings. The molecule has 0 radical (unpaired) electrons. The van der Waals surface area contributed by atoms with Crippen molar-refractivity contribution in [3.8, 4) is 23.0 Å². The van der Waals surface area contributed by atoms with E-state index in [4.69, 9.17) is 14.2 Å². The van der Waals surface area contributed by atoms with Crippen LogP contribution in [0.1, 0.15) is 43.7 Å². The summed E-state index contributed by atoms with van der Waals surface area (Å²) in [6.45, 7) is 8.99. The first-order valence-electron chi connectivity index (χ1n) is 13.1. The first kappa shape index (κ1) is 27.9. The van der Waals surface area contributed by atoms with Crippen molar-refractivity contribution in [3.05, 3.63) is 47.7 Å². The molecule has 1 atom stereocenters. The normalized spacial score (nSPS) is 15.8. The number of hydrogen-bond acceptors (Lipinski definition) is 7. The van der Waals surface area contributed by atoms with E-state index in [-0.39, 0.29) is 6.03 Å². The zero-order valence-corrected chi connectivity index (χ0v) is 23.8. The molecule has 2 aromatic carbocycles. The number of fused-ring (bicyclic) bond motifs is 1. The van der Waals surface area contributed by atoms with Crippen molar-refractivity contribution in [1.82, 2.24) is 15.2 Å². The number of amides is 2. The fourth-order valence-corrected chi connectivity index (χ4v) is 5.22. The van der Waals surface area contributed by atoms with Crippen LogP contribution in [0.15, 0.2) is 36.5 Å². The average molecular weight is 539 g/mol. The number of anilines is 1. The van der Waals surface area contributed by atoms with Crippen molar-refractivity contribution in [2.24, 2.45) is 0 Å². The van der Waals surface area contributed by atoms with Crippen molar-refractivity contribution in [3.63, 3.8) is 0 Å². The summed E-state index contributed by atoms with van der Waals surface area (Å²) in [6.07, 6.45) is 6.45. The Morgan fingerprint density at radius 3 is 2.58 bits per heavy atom. The van der Waals surface area contributed by atoms with Gasteiger partial charge >= 0.3 is 6.03 Å². The van der Waals surface area contributed by atoms with Gasteiger partial charge in [-0.15, -0.1) is 0 Å². The number of likely N-dealkylation sites (tertiary alicyclic amines) is 1. The Hall–Kier alpha value is -3.17. The maximum atomic E-state index is 12.8. The van der Waals surface area contributed by atoms with Crippen LogP contribution in [0.5, 0.6) is 23.0 Å². The Morgan fingerprint density at radius 2 is 1.84 bits per heavy atom. The zero-order chi connectivity index (χ0) is 27.2. The van der Waals surface area contributed by atoms with Gasteiger partial charge in [-0.05, 0) is 82.0 Å². The molecule has 2 heterocycles. The molecule has 2 amide bonds. The van der Waals surface area contributed by atoms with Crippen molar-refractivity contribution < 1.29 is 19.0 Å². The molecule has 1 aromatic heterocycles. The van der Waals surface area contributed by atoms with Crippen molar-refractivity contribution in [1.29, 1.82) is 0 Å². The summed E-state index contributed by atoms with van der Waals surface area (Å²) in [4.78, 5) is 19.8. The fraction of sp³-hybridized carbons (Fsp3) is 0.448. The first-order valence-corrected chi connectivity index (χ1v) is 13.5. The SMILES string of the molecule is COc1cc2nccc(Oc3ccc(N(S)C(=O)NCCCN4CCCCC4C)c(C)c3C)c2cc1OC. The van der Waals surface area contributed by atoms with Gasteiger partial charge in [0.2, 0.25) is 0 Å². The largest absolute Gasteiger partial charge is 0.493 e. The minimum absolute atomic E-state index is 0.239. The lowest BCUT2D eigenvalue weighted by Crippen LogP contribution is -2.40. The van der Waals surface area contributed by atoms with E-state index in [9.17, 15) is 4.79 Å². The lowest BCUT2D eigenvalue weighted by atomic mass is 10.0. The summed E-state index contributed by atoms with van der Waals surface area (Å²) in [5.41, 5.74) is 3.27. The maximum absolute atomic E-state index is 12.8. The lowest BCUT2D eigenvalue weighted by molar-refractivity contribution is 0.159. The van der Waals surface area contributed by atoms with Crippen molar-refractivity contribution in [2.45, 2.75) is 52.5 Å². The summed E-state index contributed by atoms with van der Waals surface area (Å²) in [5.74, 6) is 2.54. The Kier molecular flexibility index (Phi) is 9.22. The summed E-state index contributed by atoms with van der Waals surface area (Å²) in [5, 5.41) is 3.81. The molecule has 204 valence electrons. The molecule has 4 rings (SSSR count). The van der Waals surface area contributed by atoms with Crippen LogP contribution in [0, 0.1) is 13.8 Å². The van der Waals surface area contributed by atoms with E-state index in [1.807, 2.05) is 44.2 Å². The molecule has 0 bridgehead atoms. The number of hydrogen-bond donors (Lipinski definition) is 2. The lowest BCUT2D eigenvalue weighted by Gasteiger charge is -2.33. The molecule has 9 heteroatoms. The highest BCUT2D eigenvalue weighted by molar-refractivity contribution is 7.82. The molecule has 1 aliphatic heterocycles. The molecule has 0 aliphatic carbocycles. The minimum atomic E-state index is -0.239. The zero-order valence-electron chi connectivity index (χ0n) is 22.9. The quantitative estimate of drug-likeness (QED) is 0.246. The molecule has 1 saturated heterocycles. The molecule has 1 N–H and O–H groups in total. The third kappa shape index (κ3) is 6.10. The molecule has 8 nitrogen and oxygen atoms in total. The van der Waals surface area contributed by atoms with Gasteiger partial charge < -0.3 is 24.4 Å². The van der Waals surface area contributed by atoms with Crippen molar-refractivity contribution in [2.75, 3.05) is 38.2 Å². The highest BCUT2D eigenvalue weighted by Gasteiger charge is 2.20. The molecule has 0 saturated carbocycles. The molecule has 1 aliphatic rings. The fourth-order valence-electron chi connectivity index (χ4n) is 4.93. The van der Waals surface area contributed by atoms with E-state index < -0.39 is 0 Å². The third-order valence-electron chi connectivity index (χ3n) is 7.40. The second kappa shape index (κ2) is 12.6. The predicted octanol–water partition coefficient (Wildman–Crippen LogP) is 6.29. The number of pyridine rings is 1. The molecular formula is C29H38N4O4S. The number of carbonyl (C=O) groups is 1. The number of nitrogens with zero attached hydrogens (tertiary/aromatic N) is 3. The number of nitrogens with one attached hydrogen (secondary N) is 1. The molecule has 3 aromatic rings. The second-order valence-corrected chi connectivity index (χ2v) is 10.1. The number of methoxy groups -OCH3 is 2. The van der Waals surface area contributed by atoms with Crippen LogP contribution in [-0.4, -0.2) is 55.8 Å². The molecule has 0 spiro atoms. The van der Waals surface area contributed by atoms with E-state index >= 15 is 0 Å². The van der Waals surface area contributed by atoms with Crippen LogP contribution in [0.25, 0.3) is 10.9 Å². The Bertz CT molecular complexity index is 1290. The van der Waals surface area contributed by atoms with E-state index in [1.54, 1.807) is 20.4 Å². The predicted molar refractivity (Wildman–Crippen MR) is 155 cm³/mol. The maximum Gasteiger partial charge on any atom is 0.331 e. The molecular weight excluding hydrogens is 500 g/mol. The Morgan fingerprint density at radius 1 is 1.08 bits per heavy atom. The summed E-state index contributed by atoms with van der Waals surface area (Å²) in [6, 6.07) is 9.61. The summed E-state index contributed by atoms with van der Waals surface area (Å²) >= 11 is 4.51. The Balaban J connectivity index is 1.43. The number of urea groups is 1. The van der Waals surface area contributed by atoms with Gasteiger partial charge in [0.05, 0.1) is 25.4 Å². The molecule has 38 heavy (non-hydrogen) atoms. The van der Waals surface area contributed by atoms with Gasteiger partial charge in [-0.3, -0.25) is 4.98 Å².